The second-order valence-corrected chi connectivity index (χ2v) is 9.71. The van der Waals surface area contributed by atoms with E-state index in [1.807, 2.05) is 30.3 Å². The van der Waals surface area contributed by atoms with Gasteiger partial charge in [-0.15, -0.1) is 11.8 Å². The lowest BCUT2D eigenvalue weighted by Crippen LogP contribution is -2.46. The van der Waals surface area contributed by atoms with Crippen molar-refractivity contribution in [3.05, 3.63) is 47.5 Å². The molecular formula is C27H35N3O4S. The van der Waals surface area contributed by atoms with Crippen LogP contribution in [-0.2, 0) is 4.79 Å². The zero-order valence-electron chi connectivity index (χ0n) is 20.8. The average molecular weight is 498 g/mol. The largest absolute Gasteiger partial charge is 0.497 e. The molecule has 0 spiro atoms. The summed E-state index contributed by atoms with van der Waals surface area (Å²) < 4.78 is 16.1. The van der Waals surface area contributed by atoms with Gasteiger partial charge in [-0.25, -0.2) is 0 Å². The highest BCUT2D eigenvalue weighted by molar-refractivity contribution is 7.99. The number of anilines is 1. The lowest BCUT2D eigenvalue weighted by Gasteiger charge is -2.36. The number of fused-ring (bicyclic) bond motifs is 1. The van der Waals surface area contributed by atoms with Gasteiger partial charge in [-0.2, -0.15) is 0 Å². The van der Waals surface area contributed by atoms with Crippen molar-refractivity contribution in [3.8, 4) is 17.2 Å². The van der Waals surface area contributed by atoms with Gasteiger partial charge in [-0.3, -0.25) is 9.69 Å². The first kappa shape index (κ1) is 25.3. The van der Waals surface area contributed by atoms with Crippen LogP contribution in [0, 0.1) is 0 Å². The molecule has 0 radical (unpaired) electrons. The Hall–Kier alpha value is -2.84. The van der Waals surface area contributed by atoms with Gasteiger partial charge in [0.05, 0.1) is 21.3 Å². The van der Waals surface area contributed by atoms with Crippen molar-refractivity contribution in [1.82, 2.24) is 10.2 Å². The van der Waals surface area contributed by atoms with Gasteiger partial charge >= 0.3 is 0 Å². The normalized spacial score (nSPS) is 15.7. The molecule has 4 rings (SSSR count). The first-order valence-electron chi connectivity index (χ1n) is 12.1. The van der Waals surface area contributed by atoms with Crippen LogP contribution in [0.2, 0.25) is 0 Å². The van der Waals surface area contributed by atoms with Gasteiger partial charge in [0.2, 0.25) is 5.91 Å². The molecule has 2 aromatic rings. The van der Waals surface area contributed by atoms with E-state index in [2.05, 4.69) is 27.2 Å². The third-order valence-electron chi connectivity index (χ3n) is 6.51. The van der Waals surface area contributed by atoms with Gasteiger partial charge in [0.15, 0.2) is 11.5 Å². The van der Waals surface area contributed by atoms with Crippen LogP contribution in [0.15, 0.2) is 46.9 Å². The van der Waals surface area contributed by atoms with Gasteiger partial charge < -0.3 is 24.4 Å². The van der Waals surface area contributed by atoms with Crippen LogP contribution < -0.4 is 24.4 Å². The second-order valence-electron chi connectivity index (χ2n) is 8.69. The van der Waals surface area contributed by atoms with E-state index < -0.39 is 0 Å². The molecule has 7 nitrogen and oxygen atoms in total. The van der Waals surface area contributed by atoms with Crippen molar-refractivity contribution >= 4 is 29.4 Å². The molecule has 8 heteroatoms. The minimum atomic E-state index is 0.0366. The second kappa shape index (κ2) is 12.2. The van der Waals surface area contributed by atoms with Crippen molar-refractivity contribution in [3.63, 3.8) is 0 Å². The third-order valence-corrected chi connectivity index (χ3v) is 7.65. The van der Waals surface area contributed by atoms with Crippen LogP contribution in [0.4, 0.5) is 5.69 Å². The summed E-state index contributed by atoms with van der Waals surface area (Å²) in [5.74, 6) is 3.07. The number of methoxy groups -OCH3 is 3. The Labute approximate surface area is 212 Å². The molecule has 2 aliphatic rings. The van der Waals surface area contributed by atoms with Crippen LogP contribution >= 0.6 is 11.8 Å². The Morgan fingerprint density at radius 1 is 0.943 bits per heavy atom. The summed E-state index contributed by atoms with van der Waals surface area (Å²) in [7, 11) is 4.99. The monoisotopic (exact) mass is 497 g/mol. The van der Waals surface area contributed by atoms with Crippen LogP contribution in [0.25, 0.3) is 6.08 Å². The van der Waals surface area contributed by atoms with E-state index in [0.717, 1.165) is 74.0 Å². The molecule has 0 unspecified atom stereocenters. The predicted octanol–water partition coefficient (Wildman–Crippen LogP) is 3.92. The zero-order valence-corrected chi connectivity index (χ0v) is 21.7. The van der Waals surface area contributed by atoms with Crippen LogP contribution in [0.1, 0.15) is 18.4 Å². The zero-order chi connectivity index (χ0) is 24.6. The molecule has 0 aliphatic carbocycles. The first-order valence-corrected chi connectivity index (χ1v) is 13.1. The number of unbranched alkanes of at least 4 members (excludes halogenated alkanes) is 1. The first-order chi connectivity index (χ1) is 17.1. The van der Waals surface area contributed by atoms with Crippen LogP contribution in [-0.4, -0.2) is 77.2 Å². The number of thioether (sulfide) groups is 1. The minimum absolute atomic E-state index is 0.0366. The van der Waals surface area contributed by atoms with Crippen molar-refractivity contribution in [2.45, 2.75) is 17.7 Å². The summed E-state index contributed by atoms with van der Waals surface area (Å²) in [6.45, 7) is 5.81. The lowest BCUT2D eigenvalue weighted by molar-refractivity contribution is -0.117. The molecule has 1 saturated heterocycles. The Morgan fingerprint density at radius 2 is 1.74 bits per heavy atom. The number of nitrogens with one attached hydrogen (secondary N) is 1. The number of nitrogens with zero attached hydrogens (tertiary/aromatic N) is 2. The van der Waals surface area contributed by atoms with Gasteiger partial charge in [-0.1, -0.05) is 0 Å². The van der Waals surface area contributed by atoms with Crippen molar-refractivity contribution in [1.29, 1.82) is 0 Å². The quantitative estimate of drug-likeness (QED) is 0.499. The molecule has 1 amide bonds. The molecule has 188 valence electrons. The summed E-state index contributed by atoms with van der Waals surface area (Å²) in [6.07, 6.45) is 4.04. The van der Waals surface area contributed by atoms with E-state index in [1.54, 1.807) is 33.1 Å². The number of amides is 1. The van der Waals surface area contributed by atoms with Crippen molar-refractivity contribution < 1.29 is 19.0 Å². The van der Waals surface area contributed by atoms with Crippen LogP contribution in [0.3, 0.4) is 0 Å². The molecule has 35 heavy (non-hydrogen) atoms. The molecule has 0 bridgehead atoms. The molecule has 1 fully saturated rings. The standard InChI is InChI=1S/C27H35N3O4S/c1-32-23-7-9-26-20(17-23)16-21(19-35-26)27(31)28-10-4-5-11-29-12-14-30(15-13-29)22-6-8-24(33-2)25(18-22)34-3/h6-9,16-18H,4-5,10-15,19H2,1-3H3,(H,28,31). The minimum Gasteiger partial charge on any atom is -0.497 e. The molecule has 2 aromatic carbocycles. The topological polar surface area (TPSA) is 63.3 Å². The number of carbonyl (C=O) groups excluding carboxylic acids is 1. The molecule has 0 atom stereocenters. The van der Waals surface area contributed by atoms with E-state index >= 15 is 0 Å². The summed E-state index contributed by atoms with van der Waals surface area (Å²) in [5, 5.41) is 3.10. The fourth-order valence-electron chi connectivity index (χ4n) is 4.44. The maximum atomic E-state index is 12.6. The van der Waals surface area contributed by atoms with Gasteiger partial charge in [0.1, 0.15) is 5.75 Å². The highest BCUT2D eigenvalue weighted by atomic mass is 32.2. The maximum Gasteiger partial charge on any atom is 0.248 e. The smallest absolute Gasteiger partial charge is 0.248 e. The highest BCUT2D eigenvalue weighted by Crippen LogP contribution is 2.34. The fraction of sp³-hybridized carbons (Fsp3) is 0.444. The molecule has 1 N–H and O–H groups in total. The molecule has 2 aliphatic heterocycles. The van der Waals surface area contributed by atoms with E-state index in [9.17, 15) is 4.79 Å². The van der Waals surface area contributed by atoms with Gasteiger partial charge in [0.25, 0.3) is 0 Å². The fourth-order valence-corrected chi connectivity index (χ4v) is 5.42. The van der Waals surface area contributed by atoms with Crippen LogP contribution in [0.5, 0.6) is 17.2 Å². The number of hydrogen-bond donors (Lipinski definition) is 1. The highest BCUT2D eigenvalue weighted by Gasteiger charge is 2.19. The summed E-state index contributed by atoms with van der Waals surface area (Å²) in [4.78, 5) is 18.7. The van der Waals surface area contributed by atoms with E-state index in [0.29, 0.717) is 12.3 Å². The third kappa shape index (κ3) is 6.44. The molecule has 0 aromatic heterocycles. The number of rotatable bonds is 10. The molecular weight excluding hydrogens is 462 g/mol. The average Bonchev–Trinajstić information content (AvgIpc) is 2.92. The van der Waals surface area contributed by atoms with Crippen molar-refractivity contribution in [2.24, 2.45) is 0 Å². The summed E-state index contributed by atoms with van der Waals surface area (Å²) >= 11 is 1.70. The molecule has 2 heterocycles. The van der Waals surface area contributed by atoms with E-state index in [1.165, 1.54) is 10.6 Å². The van der Waals surface area contributed by atoms with E-state index in [-0.39, 0.29) is 5.91 Å². The summed E-state index contributed by atoms with van der Waals surface area (Å²) in [5.41, 5.74) is 3.04. The Balaban J connectivity index is 1.16. The number of benzene rings is 2. The Bertz CT molecular complexity index is 1050. The predicted molar refractivity (Wildman–Crippen MR) is 142 cm³/mol. The number of piperazine rings is 1. The molecule has 0 saturated carbocycles. The SMILES string of the molecule is COc1ccc2c(c1)C=C(C(=O)NCCCCN1CCN(c3ccc(OC)c(OC)c3)CC1)CS2. The lowest BCUT2D eigenvalue weighted by atomic mass is 10.1. The Morgan fingerprint density at radius 3 is 2.49 bits per heavy atom. The summed E-state index contributed by atoms with van der Waals surface area (Å²) in [6, 6.07) is 12.1. The Kier molecular flexibility index (Phi) is 8.82. The number of hydrogen-bond acceptors (Lipinski definition) is 7. The van der Waals surface area contributed by atoms with Gasteiger partial charge in [-0.05, 0) is 61.4 Å². The van der Waals surface area contributed by atoms with E-state index in [4.69, 9.17) is 14.2 Å². The number of carbonyl (C=O) groups is 1. The number of ether oxygens (including phenoxy) is 3. The van der Waals surface area contributed by atoms with Gasteiger partial charge in [0, 0.05) is 60.7 Å². The van der Waals surface area contributed by atoms with Crippen molar-refractivity contribution in [2.75, 3.05) is 71.3 Å². The maximum absolute atomic E-state index is 12.6.